The Morgan fingerprint density at radius 3 is 2.68 bits per heavy atom. The first-order valence-corrected chi connectivity index (χ1v) is 6.79. The van der Waals surface area contributed by atoms with Crippen molar-refractivity contribution < 1.29 is 14.0 Å². The van der Waals surface area contributed by atoms with E-state index in [1.807, 2.05) is 13.8 Å². The van der Waals surface area contributed by atoms with Gasteiger partial charge in [-0.25, -0.2) is 0 Å². The fraction of sp³-hybridized carbons (Fsp3) is 0.846. The number of nitrogens with two attached hydrogens (primary N) is 1. The molecule has 1 aliphatic rings. The highest BCUT2D eigenvalue weighted by molar-refractivity contribution is 5.00. The molecule has 1 aromatic rings. The third-order valence-electron chi connectivity index (χ3n) is 3.60. The summed E-state index contributed by atoms with van der Waals surface area (Å²) >= 11 is 0. The van der Waals surface area contributed by atoms with Crippen LogP contribution in [0.3, 0.4) is 0 Å². The number of methoxy groups -OCH3 is 1. The van der Waals surface area contributed by atoms with Gasteiger partial charge in [-0.3, -0.25) is 0 Å². The van der Waals surface area contributed by atoms with E-state index in [1.54, 1.807) is 7.11 Å². The largest absolute Gasteiger partial charge is 0.378 e. The van der Waals surface area contributed by atoms with Crippen molar-refractivity contribution in [1.29, 1.82) is 0 Å². The van der Waals surface area contributed by atoms with Crippen molar-refractivity contribution in [1.82, 2.24) is 10.1 Å². The molecule has 0 radical (unpaired) electrons. The summed E-state index contributed by atoms with van der Waals surface area (Å²) in [5.41, 5.74) is 5.85. The number of ether oxygens (including phenoxy) is 2. The van der Waals surface area contributed by atoms with Crippen LogP contribution in [0.4, 0.5) is 0 Å². The van der Waals surface area contributed by atoms with Crippen LogP contribution in [0.25, 0.3) is 0 Å². The maximum absolute atomic E-state index is 5.96. The zero-order valence-corrected chi connectivity index (χ0v) is 11.9. The zero-order valence-electron chi connectivity index (χ0n) is 11.9. The molecule has 0 aromatic carbocycles. The first-order valence-electron chi connectivity index (χ1n) is 6.79. The van der Waals surface area contributed by atoms with E-state index in [2.05, 4.69) is 10.1 Å². The normalized spacial score (nSPS) is 19.4. The maximum Gasteiger partial charge on any atom is 0.229 e. The van der Waals surface area contributed by atoms with Gasteiger partial charge in [0.1, 0.15) is 0 Å². The molecule has 2 N–H and O–H groups in total. The Morgan fingerprint density at radius 2 is 2.16 bits per heavy atom. The predicted molar refractivity (Wildman–Crippen MR) is 69.6 cm³/mol. The van der Waals surface area contributed by atoms with Crippen molar-refractivity contribution in [3.8, 4) is 0 Å². The highest BCUT2D eigenvalue weighted by Gasteiger charge is 2.39. The van der Waals surface area contributed by atoms with Gasteiger partial charge in [0, 0.05) is 7.11 Å². The average Bonchev–Trinajstić information content (AvgIpc) is 2.79. The molecule has 1 aliphatic carbocycles. The van der Waals surface area contributed by atoms with E-state index in [0.717, 1.165) is 12.8 Å². The molecule has 0 amide bonds. The molecular weight excluding hydrogens is 246 g/mol. The summed E-state index contributed by atoms with van der Waals surface area (Å²) < 4.78 is 16.2. The molecule has 1 atom stereocenters. The first kappa shape index (κ1) is 14.4. The van der Waals surface area contributed by atoms with Crippen molar-refractivity contribution in [2.24, 2.45) is 5.73 Å². The standard InChI is InChI=1S/C13H23N3O3/c1-9(2)18-8-10(14)12-15-11(19-16-12)7-13(17-3)5-4-6-13/h9-10H,4-8,14H2,1-3H3. The monoisotopic (exact) mass is 269 g/mol. The Morgan fingerprint density at radius 1 is 1.42 bits per heavy atom. The van der Waals surface area contributed by atoms with Crippen LogP contribution >= 0.6 is 0 Å². The molecule has 1 unspecified atom stereocenters. The third kappa shape index (κ3) is 3.52. The lowest BCUT2D eigenvalue weighted by Gasteiger charge is -2.39. The summed E-state index contributed by atoms with van der Waals surface area (Å²) in [4.78, 5) is 4.34. The molecule has 108 valence electrons. The molecular formula is C13H23N3O3. The van der Waals surface area contributed by atoms with Crippen LogP contribution < -0.4 is 5.73 Å². The van der Waals surface area contributed by atoms with Crippen molar-refractivity contribution >= 4 is 0 Å². The Labute approximate surface area is 113 Å². The minimum absolute atomic E-state index is 0.109. The third-order valence-corrected chi connectivity index (χ3v) is 3.60. The van der Waals surface area contributed by atoms with E-state index in [4.69, 9.17) is 19.7 Å². The molecule has 1 heterocycles. The highest BCUT2D eigenvalue weighted by atomic mass is 16.5. The fourth-order valence-electron chi connectivity index (χ4n) is 2.16. The molecule has 19 heavy (non-hydrogen) atoms. The molecule has 1 fully saturated rings. The van der Waals surface area contributed by atoms with Gasteiger partial charge in [-0.05, 0) is 33.1 Å². The highest BCUT2D eigenvalue weighted by Crippen LogP contribution is 2.37. The Balaban J connectivity index is 1.91. The molecule has 0 aliphatic heterocycles. The lowest BCUT2D eigenvalue weighted by atomic mass is 9.77. The Bertz CT molecular complexity index is 396. The lowest BCUT2D eigenvalue weighted by Crippen LogP contribution is -2.41. The van der Waals surface area contributed by atoms with Crippen LogP contribution in [0.1, 0.15) is 50.9 Å². The quantitative estimate of drug-likeness (QED) is 0.809. The Kier molecular flexibility index (Phi) is 4.54. The molecule has 0 bridgehead atoms. The van der Waals surface area contributed by atoms with Crippen LogP contribution in [0, 0.1) is 0 Å². The second kappa shape index (κ2) is 5.98. The summed E-state index contributed by atoms with van der Waals surface area (Å²) in [6.07, 6.45) is 4.09. The second-order valence-corrected chi connectivity index (χ2v) is 5.45. The van der Waals surface area contributed by atoms with E-state index >= 15 is 0 Å². The summed E-state index contributed by atoms with van der Waals surface area (Å²) in [5, 5.41) is 3.92. The summed E-state index contributed by atoms with van der Waals surface area (Å²) in [6, 6.07) is -0.347. The minimum Gasteiger partial charge on any atom is -0.378 e. The van der Waals surface area contributed by atoms with Crippen LogP contribution in [0.5, 0.6) is 0 Å². The SMILES string of the molecule is COC1(Cc2nc(C(N)COC(C)C)no2)CCC1. The number of rotatable bonds is 7. The van der Waals surface area contributed by atoms with Crippen LogP contribution in [0.15, 0.2) is 4.52 Å². The topological polar surface area (TPSA) is 83.4 Å². The van der Waals surface area contributed by atoms with Crippen molar-refractivity contribution in [2.75, 3.05) is 13.7 Å². The lowest BCUT2D eigenvalue weighted by molar-refractivity contribution is -0.0751. The molecule has 1 saturated carbocycles. The second-order valence-electron chi connectivity index (χ2n) is 5.45. The number of aromatic nitrogens is 2. The molecule has 6 nitrogen and oxygen atoms in total. The van der Waals surface area contributed by atoms with Crippen molar-refractivity contribution in [3.63, 3.8) is 0 Å². The van der Waals surface area contributed by atoms with Gasteiger partial charge in [-0.15, -0.1) is 0 Å². The molecule has 0 spiro atoms. The van der Waals surface area contributed by atoms with E-state index in [0.29, 0.717) is 24.7 Å². The molecule has 0 saturated heterocycles. The maximum atomic E-state index is 5.96. The van der Waals surface area contributed by atoms with Gasteiger partial charge in [0.25, 0.3) is 0 Å². The number of hydrogen-bond acceptors (Lipinski definition) is 6. The van der Waals surface area contributed by atoms with Gasteiger partial charge in [0.2, 0.25) is 5.89 Å². The van der Waals surface area contributed by atoms with Crippen LogP contribution in [-0.4, -0.2) is 35.6 Å². The van der Waals surface area contributed by atoms with E-state index in [1.165, 1.54) is 6.42 Å². The summed E-state index contributed by atoms with van der Waals surface area (Å²) in [7, 11) is 1.73. The number of hydrogen-bond donors (Lipinski definition) is 1. The first-order chi connectivity index (χ1) is 9.04. The van der Waals surface area contributed by atoms with Crippen molar-refractivity contribution in [3.05, 3.63) is 11.7 Å². The van der Waals surface area contributed by atoms with E-state index < -0.39 is 0 Å². The van der Waals surface area contributed by atoms with Crippen LogP contribution in [-0.2, 0) is 15.9 Å². The zero-order chi connectivity index (χ0) is 13.9. The van der Waals surface area contributed by atoms with Gasteiger partial charge < -0.3 is 19.7 Å². The summed E-state index contributed by atoms with van der Waals surface area (Å²) in [5.74, 6) is 1.10. The van der Waals surface area contributed by atoms with E-state index in [9.17, 15) is 0 Å². The molecule has 6 heteroatoms. The van der Waals surface area contributed by atoms with Gasteiger partial charge in [-0.1, -0.05) is 5.16 Å². The Hall–Kier alpha value is -0.980. The van der Waals surface area contributed by atoms with E-state index in [-0.39, 0.29) is 17.7 Å². The molecule has 2 rings (SSSR count). The predicted octanol–water partition coefficient (Wildman–Crippen LogP) is 1.61. The van der Waals surface area contributed by atoms with Crippen molar-refractivity contribution in [2.45, 2.75) is 57.3 Å². The van der Waals surface area contributed by atoms with Gasteiger partial charge in [0.05, 0.1) is 30.8 Å². The minimum atomic E-state index is -0.347. The van der Waals surface area contributed by atoms with Gasteiger partial charge >= 0.3 is 0 Å². The number of nitrogens with zero attached hydrogens (tertiary/aromatic N) is 2. The smallest absolute Gasteiger partial charge is 0.229 e. The fourth-order valence-corrected chi connectivity index (χ4v) is 2.16. The van der Waals surface area contributed by atoms with Gasteiger partial charge in [-0.2, -0.15) is 4.98 Å². The average molecular weight is 269 g/mol. The summed E-state index contributed by atoms with van der Waals surface area (Å²) in [6.45, 7) is 4.33. The molecule has 1 aromatic heterocycles. The van der Waals surface area contributed by atoms with Gasteiger partial charge in [0.15, 0.2) is 5.82 Å². The van der Waals surface area contributed by atoms with Crippen LogP contribution in [0.2, 0.25) is 0 Å².